The van der Waals surface area contributed by atoms with E-state index >= 15 is 0 Å². The number of sulfone groups is 1. The van der Waals surface area contributed by atoms with E-state index in [0.717, 1.165) is 18.4 Å². The molecule has 2 aliphatic rings. The highest BCUT2D eigenvalue weighted by Gasteiger charge is 2.38. The van der Waals surface area contributed by atoms with Gasteiger partial charge in [-0.2, -0.15) is 22.5 Å². The third-order valence-corrected chi connectivity index (χ3v) is 7.95. The molecule has 1 aromatic carbocycles. The van der Waals surface area contributed by atoms with E-state index in [1.807, 2.05) is 0 Å². The van der Waals surface area contributed by atoms with Crippen LogP contribution >= 0.6 is 11.5 Å². The molecule has 2 saturated heterocycles. The van der Waals surface area contributed by atoms with Crippen LogP contribution in [0.4, 0.5) is 31.9 Å². The predicted octanol–water partition coefficient (Wildman–Crippen LogP) is 3.54. The molecule has 0 bridgehead atoms. The van der Waals surface area contributed by atoms with E-state index in [1.54, 1.807) is 9.80 Å². The van der Waals surface area contributed by atoms with Gasteiger partial charge in [0.05, 0.1) is 11.4 Å². The van der Waals surface area contributed by atoms with Crippen LogP contribution < -0.4 is 4.90 Å². The number of benzene rings is 1. The number of piperidine rings is 1. The molecule has 2 fully saturated rings. The molecule has 2 amide bonds. The number of amides is 2. The molecule has 0 atom stereocenters. The van der Waals surface area contributed by atoms with Crippen molar-refractivity contribution < 1.29 is 35.2 Å². The maximum absolute atomic E-state index is 14.5. The average Bonchev–Trinajstić information content (AvgIpc) is 3.28. The summed E-state index contributed by atoms with van der Waals surface area (Å²) in [6.07, 6.45) is -2.21. The fraction of sp³-hybridized carbons (Fsp3) is 0.550. The molecule has 0 unspecified atom stereocenters. The van der Waals surface area contributed by atoms with Gasteiger partial charge in [0.25, 0.3) is 0 Å². The van der Waals surface area contributed by atoms with Crippen molar-refractivity contribution in [3.05, 3.63) is 35.2 Å². The zero-order valence-electron chi connectivity index (χ0n) is 18.6. The minimum atomic E-state index is -4.61. The monoisotopic (exact) mass is 539 g/mol. The molecule has 2 aromatic rings. The minimum absolute atomic E-state index is 0.172. The normalized spacial score (nSPS) is 18.5. The molecular formula is C20H22F5N5O3S2. The first-order valence-electron chi connectivity index (χ1n) is 10.7. The van der Waals surface area contributed by atoms with E-state index in [0.29, 0.717) is 50.4 Å². The van der Waals surface area contributed by atoms with Gasteiger partial charge < -0.3 is 14.7 Å². The van der Waals surface area contributed by atoms with Crippen LogP contribution in [0.5, 0.6) is 0 Å². The van der Waals surface area contributed by atoms with Gasteiger partial charge in [-0.05, 0) is 31.4 Å². The van der Waals surface area contributed by atoms with Crippen molar-refractivity contribution in [2.75, 3.05) is 37.3 Å². The number of hydrogen-bond donors (Lipinski definition) is 0. The molecule has 0 N–H and O–H groups in total. The lowest BCUT2D eigenvalue weighted by Gasteiger charge is -2.43. The first-order chi connectivity index (χ1) is 16.3. The number of carbonyl (C=O) groups excluding carboxylic acids is 1. The van der Waals surface area contributed by atoms with Gasteiger partial charge in [0.15, 0.2) is 9.84 Å². The molecule has 4 rings (SSSR count). The van der Waals surface area contributed by atoms with Crippen LogP contribution in [0.15, 0.2) is 17.0 Å². The fourth-order valence-corrected chi connectivity index (χ4v) is 5.63. The summed E-state index contributed by atoms with van der Waals surface area (Å²) in [5.41, 5.74) is -0.390. The Morgan fingerprint density at radius 1 is 1.09 bits per heavy atom. The SMILES string of the molecule is CS(=O)(=O)c1cc(F)c(CN2CCCN(C3CCN(c4nc(C(F)(F)F)ns4)CC3)C2=O)c(F)c1. The van der Waals surface area contributed by atoms with E-state index in [4.69, 9.17) is 0 Å². The number of nitrogens with zero attached hydrogens (tertiary/aromatic N) is 5. The summed E-state index contributed by atoms with van der Waals surface area (Å²) in [5, 5.41) is 0.172. The zero-order chi connectivity index (χ0) is 25.5. The van der Waals surface area contributed by atoms with E-state index in [9.17, 15) is 35.2 Å². The summed E-state index contributed by atoms with van der Waals surface area (Å²) in [5.74, 6) is -3.26. The first-order valence-corrected chi connectivity index (χ1v) is 13.4. The summed E-state index contributed by atoms with van der Waals surface area (Å²) in [7, 11) is -3.80. The summed E-state index contributed by atoms with van der Waals surface area (Å²) in [6.45, 7) is 1.16. The molecule has 1 aromatic heterocycles. The van der Waals surface area contributed by atoms with Crippen LogP contribution in [0.25, 0.3) is 0 Å². The van der Waals surface area contributed by atoms with Crippen LogP contribution in [-0.2, 0) is 22.6 Å². The average molecular weight is 540 g/mol. The van der Waals surface area contributed by atoms with Gasteiger partial charge in [0, 0.05) is 55.6 Å². The molecule has 0 radical (unpaired) electrons. The molecule has 8 nitrogen and oxygen atoms in total. The molecule has 192 valence electrons. The Morgan fingerprint density at radius 3 is 2.26 bits per heavy atom. The highest BCUT2D eigenvalue weighted by molar-refractivity contribution is 7.90. The zero-order valence-corrected chi connectivity index (χ0v) is 20.2. The molecule has 15 heteroatoms. The Bertz CT molecular complexity index is 1190. The molecule has 3 heterocycles. The quantitative estimate of drug-likeness (QED) is 0.541. The summed E-state index contributed by atoms with van der Waals surface area (Å²) in [6, 6.07) is 0.913. The molecule has 2 aliphatic heterocycles. The number of halogens is 5. The number of anilines is 1. The number of rotatable bonds is 5. The van der Waals surface area contributed by atoms with Crippen LogP contribution in [-0.4, -0.2) is 72.1 Å². The van der Waals surface area contributed by atoms with Crippen LogP contribution in [0.3, 0.4) is 0 Å². The van der Waals surface area contributed by atoms with Gasteiger partial charge in [0.2, 0.25) is 11.0 Å². The van der Waals surface area contributed by atoms with Gasteiger partial charge in [-0.15, -0.1) is 0 Å². The smallest absolute Gasteiger partial charge is 0.347 e. The first kappa shape index (κ1) is 25.5. The lowest BCUT2D eigenvalue weighted by atomic mass is 10.0. The van der Waals surface area contributed by atoms with Crippen molar-refractivity contribution in [1.29, 1.82) is 0 Å². The molecule has 0 saturated carbocycles. The topological polar surface area (TPSA) is 86.7 Å². The predicted molar refractivity (Wildman–Crippen MR) is 117 cm³/mol. The molecule has 0 spiro atoms. The van der Waals surface area contributed by atoms with Crippen molar-refractivity contribution in [2.24, 2.45) is 0 Å². The standard InChI is InChI=1S/C20H22F5N5O3S2/c1-35(32,33)13-9-15(21)14(16(22)10-13)11-29-5-2-6-30(19(29)31)12-3-7-28(8-4-12)18-26-17(27-34-18)20(23,24)25/h9-10,12H,2-8,11H2,1H3. The number of aromatic nitrogens is 2. The lowest BCUT2D eigenvalue weighted by Crippen LogP contribution is -2.55. The van der Waals surface area contributed by atoms with E-state index in [1.165, 1.54) is 4.90 Å². The summed E-state index contributed by atoms with van der Waals surface area (Å²) >= 11 is 0.674. The third-order valence-electron chi connectivity index (χ3n) is 6.08. The van der Waals surface area contributed by atoms with Crippen molar-refractivity contribution in [1.82, 2.24) is 19.2 Å². The van der Waals surface area contributed by atoms with Gasteiger partial charge in [-0.25, -0.2) is 22.0 Å². The van der Waals surface area contributed by atoms with Crippen molar-refractivity contribution >= 4 is 32.5 Å². The van der Waals surface area contributed by atoms with Crippen LogP contribution in [0.1, 0.15) is 30.7 Å². The number of alkyl halides is 3. The van der Waals surface area contributed by atoms with Crippen LogP contribution in [0.2, 0.25) is 0 Å². The maximum atomic E-state index is 14.5. The fourth-order valence-electron chi connectivity index (χ4n) is 4.25. The molecule has 0 aliphatic carbocycles. The number of urea groups is 1. The second-order valence-electron chi connectivity index (χ2n) is 8.51. The number of carbonyl (C=O) groups is 1. The third kappa shape index (κ3) is 5.50. The molecular weight excluding hydrogens is 517 g/mol. The molecule has 35 heavy (non-hydrogen) atoms. The largest absolute Gasteiger partial charge is 0.452 e. The highest BCUT2D eigenvalue weighted by atomic mass is 32.2. The summed E-state index contributed by atoms with van der Waals surface area (Å²) < 4.78 is 93.9. The Morgan fingerprint density at radius 2 is 1.71 bits per heavy atom. The van der Waals surface area contributed by atoms with Gasteiger partial charge in [-0.1, -0.05) is 0 Å². The van der Waals surface area contributed by atoms with Gasteiger partial charge in [-0.3, -0.25) is 0 Å². The lowest BCUT2D eigenvalue weighted by molar-refractivity contribution is -0.144. The van der Waals surface area contributed by atoms with Gasteiger partial charge >= 0.3 is 12.2 Å². The summed E-state index contributed by atoms with van der Waals surface area (Å²) in [4.78, 5) is 20.8. The Balaban J connectivity index is 1.41. The van der Waals surface area contributed by atoms with Crippen molar-refractivity contribution in [3.63, 3.8) is 0 Å². The Labute approximate surface area is 202 Å². The second-order valence-corrected chi connectivity index (χ2v) is 11.3. The van der Waals surface area contributed by atoms with E-state index < -0.39 is 44.4 Å². The maximum Gasteiger partial charge on any atom is 0.452 e. The Kier molecular flexibility index (Phi) is 6.92. The van der Waals surface area contributed by atoms with E-state index in [2.05, 4.69) is 9.36 Å². The van der Waals surface area contributed by atoms with Crippen molar-refractivity contribution in [3.8, 4) is 0 Å². The van der Waals surface area contributed by atoms with Crippen LogP contribution in [0, 0.1) is 11.6 Å². The number of hydrogen-bond acceptors (Lipinski definition) is 7. The van der Waals surface area contributed by atoms with E-state index in [-0.39, 0.29) is 29.8 Å². The highest BCUT2D eigenvalue weighted by Crippen LogP contribution is 2.32. The Hall–Kier alpha value is -2.55. The minimum Gasteiger partial charge on any atom is -0.347 e. The van der Waals surface area contributed by atoms with Gasteiger partial charge in [0.1, 0.15) is 11.6 Å². The second kappa shape index (κ2) is 9.48. The van der Waals surface area contributed by atoms with Crippen molar-refractivity contribution in [2.45, 2.75) is 42.9 Å².